The van der Waals surface area contributed by atoms with E-state index in [-0.39, 0.29) is 0 Å². The summed E-state index contributed by atoms with van der Waals surface area (Å²) in [6.45, 7) is 7.07. The predicted octanol–water partition coefficient (Wildman–Crippen LogP) is 4.15. The van der Waals surface area contributed by atoms with Gasteiger partial charge in [0, 0.05) is 0 Å². The maximum atomic E-state index is 3.60. The molecule has 1 aliphatic rings. The van der Waals surface area contributed by atoms with Crippen LogP contribution in [0.2, 0.25) is 0 Å². The van der Waals surface area contributed by atoms with E-state index in [9.17, 15) is 0 Å². The lowest BCUT2D eigenvalue weighted by atomic mass is 9.72. The predicted molar refractivity (Wildman–Crippen MR) is 53.6 cm³/mol. The highest BCUT2D eigenvalue weighted by Gasteiger charge is 2.33. The van der Waals surface area contributed by atoms with Crippen LogP contribution in [0.25, 0.3) is 0 Å². The van der Waals surface area contributed by atoms with Gasteiger partial charge in [-0.1, -0.05) is 20.8 Å². The van der Waals surface area contributed by atoms with Crippen LogP contribution in [0, 0.1) is 16.2 Å². The van der Waals surface area contributed by atoms with Crippen molar-refractivity contribution in [3.63, 3.8) is 0 Å². The molecule has 1 rings (SSSR count). The Hall–Kier alpha value is 0.350. The molecular formula is C10H18Br+. The van der Waals surface area contributed by atoms with Crippen LogP contribution < -0.4 is 0 Å². The van der Waals surface area contributed by atoms with Gasteiger partial charge in [0.15, 0.2) is 20.8 Å². The quantitative estimate of drug-likeness (QED) is 0.536. The first kappa shape index (κ1) is 9.44. The van der Waals surface area contributed by atoms with E-state index in [1.165, 1.54) is 30.5 Å². The Kier molecular flexibility index (Phi) is 2.90. The molecule has 0 saturated heterocycles. The lowest BCUT2D eigenvalue weighted by molar-refractivity contribution is 0.194. The Morgan fingerprint density at radius 1 is 1.18 bits per heavy atom. The van der Waals surface area contributed by atoms with Crippen molar-refractivity contribution >= 4 is 15.9 Å². The average molecular weight is 218 g/mol. The summed E-state index contributed by atoms with van der Waals surface area (Å²) >= 11 is 3.60. The van der Waals surface area contributed by atoms with Crippen LogP contribution in [0.1, 0.15) is 46.5 Å². The normalized spacial score (nSPS) is 22.4. The van der Waals surface area contributed by atoms with Gasteiger partial charge >= 0.3 is 0 Å². The third-order valence-corrected chi connectivity index (χ3v) is 3.55. The minimum Gasteiger partial charge on any atom is -0.0599 e. The van der Waals surface area contributed by atoms with Crippen LogP contribution >= 0.6 is 15.9 Å². The van der Waals surface area contributed by atoms with Crippen molar-refractivity contribution in [1.29, 1.82) is 0 Å². The summed E-state index contributed by atoms with van der Waals surface area (Å²) in [6, 6.07) is 0. The van der Waals surface area contributed by atoms with Crippen molar-refractivity contribution < 1.29 is 0 Å². The summed E-state index contributed by atoms with van der Waals surface area (Å²) in [5, 5.41) is 0. The molecule has 1 saturated carbocycles. The Labute approximate surface area is 78.9 Å². The zero-order valence-electron chi connectivity index (χ0n) is 7.78. The lowest BCUT2D eigenvalue weighted by Gasteiger charge is -2.31. The second kappa shape index (κ2) is 3.38. The largest absolute Gasteiger partial charge is 0.198 e. The standard InChI is InChI=1S/C10H18Br/c1-10(2,3)8-4-6-9(11)7-5-8/h8H,4-7H2,1-3H3/q+1. The van der Waals surface area contributed by atoms with E-state index in [1.807, 2.05) is 0 Å². The molecule has 11 heavy (non-hydrogen) atoms. The van der Waals surface area contributed by atoms with Gasteiger partial charge in [0.1, 0.15) is 12.8 Å². The SMILES string of the molecule is CC(C)(C)C1CC[C+](Br)CC1. The molecule has 1 fully saturated rings. The van der Waals surface area contributed by atoms with Crippen LogP contribution in [0.4, 0.5) is 0 Å². The van der Waals surface area contributed by atoms with Crippen LogP contribution in [0.15, 0.2) is 0 Å². The summed E-state index contributed by atoms with van der Waals surface area (Å²) in [7, 11) is 0. The summed E-state index contributed by atoms with van der Waals surface area (Å²) in [5.74, 6) is 0.934. The zero-order chi connectivity index (χ0) is 8.48. The van der Waals surface area contributed by atoms with Crippen molar-refractivity contribution in [3.8, 4) is 0 Å². The van der Waals surface area contributed by atoms with E-state index in [2.05, 4.69) is 36.7 Å². The van der Waals surface area contributed by atoms with Crippen molar-refractivity contribution in [3.05, 3.63) is 4.83 Å². The molecule has 0 aromatic heterocycles. The van der Waals surface area contributed by atoms with Crippen molar-refractivity contribution in [1.82, 2.24) is 0 Å². The highest BCUT2D eigenvalue weighted by molar-refractivity contribution is 9.11. The van der Waals surface area contributed by atoms with Crippen molar-refractivity contribution in [2.24, 2.45) is 11.3 Å². The maximum Gasteiger partial charge on any atom is 0.198 e. The molecular weight excluding hydrogens is 200 g/mol. The number of hydrogen-bond acceptors (Lipinski definition) is 0. The van der Waals surface area contributed by atoms with Gasteiger partial charge in [-0.25, -0.2) is 0 Å². The molecule has 1 heteroatoms. The third kappa shape index (κ3) is 2.70. The minimum absolute atomic E-state index is 0.522. The first-order valence-corrected chi connectivity index (χ1v) is 5.29. The highest BCUT2D eigenvalue weighted by Crippen LogP contribution is 2.42. The second-order valence-corrected chi connectivity index (χ2v) is 5.78. The fourth-order valence-electron chi connectivity index (χ4n) is 1.80. The molecule has 0 atom stereocenters. The molecule has 0 aromatic carbocycles. The molecule has 0 heterocycles. The number of halogens is 1. The highest BCUT2D eigenvalue weighted by atomic mass is 79.9. The Bertz CT molecular complexity index is 115. The van der Waals surface area contributed by atoms with Gasteiger partial charge in [-0.05, 0) is 24.2 Å². The molecule has 0 aliphatic heterocycles. The maximum absolute atomic E-state index is 3.60. The van der Waals surface area contributed by atoms with Gasteiger partial charge in [-0.2, -0.15) is 0 Å². The van der Waals surface area contributed by atoms with E-state index in [0.29, 0.717) is 5.41 Å². The molecule has 0 radical (unpaired) electrons. The van der Waals surface area contributed by atoms with E-state index in [4.69, 9.17) is 0 Å². The topological polar surface area (TPSA) is 0 Å². The van der Waals surface area contributed by atoms with Gasteiger partial charge < -0.3 is 0 Å². The lowest BCUT2D eigenvalue weighted by Crippen LogP contribution is -2.23. The summed E-state index contributed by atoms with van der Waals surface area (Å²) < 4.78 is 0. The molecule has 0 unspecified atom stereocenters. The van der Waals surface area contributed by atoms with E-state index in [0.717, 1.165) is 5.92 Å². The van der Waals surface area contributed by atoms with Crippen LogP contribution in [0.3, 0.4) is 0 Å². The summed E-state index contributed by atoms with van der Waals surface area (Å²) in [6.07, 6.45) is 5.35. The van der Waals surface area contributed by atoms with E-state index in [1.54, 1.807) is 0 Å². The fourth-order valence-corrected chi connectivity index (χ4v) is 2.25. The Morgan fingerprint density at radius 3 is 2.00 bits per heavy atom. The van der Waals surface area contributed by atoms with Gasteiger partial charge in [0.2, 0.25) is 0 Å². The minimum atomic E-state index is 0.522. The Balaban J connectivity index is 2.39. The molecule has 0 amide bonds. The molecule has 0 N–H and O–H groups in total. The summed E-state index contributed by atoms with van der Waals surface area (Å²) in [5.41, 5.74) is 0.522. The molecule has 0 aromatic rings. The van der Waals surface area contributed by atoms with Gasteiger partial charge in [0.25, 0.3) is 0 Å². The van der Waals surface area contributed by atoms with Gasteiger partial charge in [-0.15, -0.1) is 0 Å². The van der Waals surface area contributed by atoms with E-state index >= 15 is 0 Å². The second-order valence-electron chi connectivity index (χ2n) is 4.66. The van der Waals surface area contributed by atoms with Crippen LogP contribution in [-0.4, -0.2) is 0 Å². The van der Waals surface area contributed by atoms with Crippen LogP contribution in [-0.2, 0) is 0 Å². The van der Waals surface area contributed by atoms with Crippen LogP contribution in [0.5, 0.6) is 0 Å². The van der Waals surface area contributed by atoms with E-state index < -0.39 is 0 Å². The molecule has 1 aliphatic carbocycles. The Morgan fingerprint density at radius 2 is 1.64 bits per heavy atom. The molecule has 64 valence electrons. The first-order valence-electron chi connectivity index (χ1n) is 4.50. The number of rotatable bonds is 0. The van der Waals surface area contributed by atoms with Gasteiger partial charge in [0.05, 0.1) is 0 Å². The molecule has 0 nitrogen and oxygen atoms in total. The van der Waals surface area contributed by atoms with Crippen molar-refractivity contribution in [2.45, 2.75) is 46.5 Å². The number of hydrogen-bond donors (Lipinski definition) is 0. The monoisotopic (exact) mass is 217 g/mol. The fraction of sp³-hybridized carbons (Fsp3) is 0.900. The van der Waals surface area contributed by atoms with Crippen molar-refractivity contribution in [2.75, 3.05) is 0 Å². The van der Waals surface area contributed by atoms with Gasteiger partial charge in [-0.3, -0.25) is 0 Å². The molecule has 0 spiro atoms. The third-order valence-electron chi connectivity index (χ3n) is 2.75. The summed E-state index contributed by atoms with van der Waals surface area (Å²) in [4.78, 5) is 1.53. The smallest absolute Gasteiger partial charge is 0.0599 e. The first-order chi connectivity index (χ1) is 5.00. The zero-order valence-corrected chi connectivity index (χ0v) is 9.37. The molecule has 0 bridgehead atoms. The average Bonchev–Trinajstić information content (AvgIpc) is 1.86.